The molecule has 1 aliphatic carbocycles. The van der Waals surface area contributed by atoms with Crippen LogP contribution in [0.25, 0.3) is 11.8 Å². The van der Waals surface area contributed by atoms with Crippen molar-refractivity contribution >= 4 is 12.0 Å². The number of fused-ring (bicyclic) bond motifs is 1. The van der Waals surface area contributed by atoms with Crippen LogP contribution in [0, 0.1) is 13.8 Å². The minimum absolute atomic E-state index is 0.207. The highest BCUT2D eigenvalue weighted by Gasteiger charge is 2.36. The first-order valence-electron chi connectivity index (χ1n) is 9.72. The fourth-order valence-electron chi connectivity index (χ4n) is 4.02. The van der Waals surface area contributed by atoms with Crippen molar-refractivity contribution in [2.24, 2.45) is 0 Å². The zero-order valence-electron chi connectivity index (χ0n) is 16.8. The second-order valence-electron chi connectivity index (χ2n) is 7.61. The number of aryl methyl sites for hydroxylation is 2. The molecule has 2 atom stereocenters. The van der Waals surface area contributed by atoms with E-state index in [1.54, 1.807) is 19.5 Å². The van der Waals surface area contributed by atoms with Crippen LogP contribution in [0.5, 0.6) is 0 Å². The third-order valence-corrected chi connectivity index (χ3v) is 5.53. The molecule has 1 heterocycles. The van der Waals surface area contributed by atoms with Gasteiger partial charge >= 0.3 is 0 Å². The predicted octanol–water partition coefficient (Wildman–Crippen LogP) is 4.60. The number of benzene rings is 2. The summed E-state index contributed by atoms with van der Waals surface area (Å²) < 4.78 is 16.6. The summed E-state index contributed by atoms with van der Waals surface area (Å²) in [6.07, 6.45) is 6.35. The maximum Gasteiger partial charge on any atom is 0.246 e. The third-order valence-electron chi connectivity index (χ3n) is 5.53. The van der Waals surface area contributed by atoms with Crippen molar-refractivity contribution in [2.45, 2.75) is 32.5 Å². The Balaban J connectivity index is 1.50. The number of hydrogen-bond acceptors (Lipinski definition) is 2. The van der Waals surface area contributed by atoms with E-state index in [4.69, 9.17) is 0 Å². The smallest absolute Gasteiger partial charge is 0.246 e. The lowest BCUT2D eigenvalue weighted by molar-refractivity contribution is -0.127. The lowest BCUT2D eigenvalue weighted by atomic mass is 10.1. The van der Waals surface area contributed by atoms with Gasteiger partial charge in [0, 0.05) is 31.4 Å². The number of nitrogens with zero attached hydrogens (tertiary/aromatic N) is 3. The Kier molecular flexibility index (Phi) is 5.05. The van der Waals surface area contributed by atoms with Crippen LogP contribution in [-0.4, -0.2) is 33.6 Å². The number of carbonyl (C=O) groups is 1. The maximum absolute atomic E-state index is 14.6. The topological polar surface area (TPSA) is 38.1 Å². The average molecular weight is 389 g/mol. The van der Waals surface area contributed by atoms with E-state index in [1.165, 1.54) is 11.0 Å². The summed E-state index contributed by atoms with van der Waals surface area (Å²) in [4.78, 5) is 18.5. The van der Waals surface area contributed by atoms with E-state index in [0.29, 0.717) is 6.42 Å². The molecular weight excluding hydrogens is 365 g/mol. The van der Waals surface area contributed by atoms with Crippen molar-refractivity contribution in [3.05, 3.63) is 89.0 Å². The largest absolute Gasteiger partial charge is 0.332 e. The number of alkyl halides is 1. The van der Waals surface area contributed by atoms with Gasteiger partial charge in [-0.1, -0.05) is 30.3 Å². The molecular formula is C24H24FN3O. The normalized spacial score (nSPS) is 18.2. The molecule has 4 nitrogen and oxygen atoms in total. The number of hydrogen-bond donors (Lipinski definition) is 0. The molecule has 0 fully saturated rings. The minimum Gasteiger partial charge on any atom is -0.332 e. The molecule has 2 aromatic carbocycles. The monoisotopic (exact) mass is 389 g/mol. The summed E-state index contributed by atoms with van der Waals surface area (Å²) in [5.41, 5.74) is 5.90. The fourth-order valence-corrected chi connectivity index (χ4v) is 4.02. The highest BCUT2D eigenvalue weighted by molar-refractivity contribution is 5.92. The molecule has 0 N–H and O–H groups in total. The van der Waals surface area contributed by atoms with Crippen molar-refractivity contribution in [2.75, 3.05) is 7.05 Å². The number of amides is 1. The van der Waals surface area contributed by atoms with Gasteiger partial charge in [0.25, 0.3) is 0 Å². The molecule has 0 saturated carbocycles. The summed E-state index contributed by atoms with van der Waals surface area (Å²) >= 11 is 0. The number of likely N-dealkylation sites (N-methyl/N-ethyl adjacent to an activating group) is 1. The fraction of sp³-hybridized carbons (Fsp3) is 0.250. The van der Waals surface area contributed by atoms with Crippen molar-refractivity contribution in [1.29, 1.82) is 0 Å². The van der Waals surface area contributed by atoms with Crippen LogP contribution in [0.1, 0.15) is 34.0 Å². The Morgan fingerprint density at radius 1 is 1.24 bits per heavy atom. The lowest BCUT2D eigenvalue weighted by Gasteiger charge is -2.26. The van der Waals surface area contributed by atoms with Gasteiger partial charge in [-0.15, -0.1) is 0 Å². The number of aromatic nitrogens is 2. The van der Waals surface area contributed by atoms with Crippen LogP contribution >= 0.6 is 0 Å². The summed E-state index contributed by atoms with van der Waals surface area (Å²) in [7, 11) is 1.67. The first kappa shape index (κ1) is 19.1. The number of carbonyl (C=O) groups excluding carboxylic acids is 1. The number of rotatable bonds is 4. The van der Waals surface area contributed by atoms with Gasteiger partial charge < -0.3 is 9.47 Å². The second-order valence-corrected chi connectivity index (χ2v) is 7.61. The molecule has 0 saturated heterocycles. The van der Waals surface area contributed by atoms with Gasteiger partial charge in [-0.05, 0) is 54.3 Å². The van der Waals surface area contributed by atoms with Gasteiger partial charge in [-0.3, -0.25) is 4.79 Å². The van der Waals surface area contributed by atoms with Crippen molar-refractivity contribution in [3.63, 3.8) is 0 Å². The third kappa shape index (κ3) is 3.73. The Morgan fingerprint density at radius 2 is 2.03 bits per heavy atom. The highest BCUT2D eigenvalue weighted by Crippen LogP contribution is 2.37. The lowest BCUT2D eigenvalue weighted by Crippen LogP contribution is -2.33. The first-order valence-corrected chi connectivity index (χ1v) is 9.72. The summed E-state index contributed by atoms with van der Waals surface area (Å²) in [6, 6.07) is 13.1. The molecule has 1 aliphatic rings. The minimum atomic E-state index is -1.07. The van der Waals surface area contributed by atoms with Gasteiger partial charge in [-0.25, -0.2) is 9.37 Å². The molecule has 0 radical (unpaired) electrons. The molecule has 1 aromatic heterocycles. The van der Waals surface area contributed by atoms with Gasteiger partial charge in [0.1, 0.15) is 6.17 Å². The first-order chi connectivity index (χ1) is 13.9. The maximum atomic E-state index is 14.6. The van der Waals surface area contributed by atoms with E-state index in [0.717, 1.165) is 33.6 Å². The molecule has 29 heavy (non-hydrogen) atoms. The van der Waals surface area contributed by atoms with Gasteiger partial charge in [0.05, 0.1) is 18.1 Å². The van der Waals surface area contributed by atoms with E-state index in [1.807, 2.05) is 67.1 Å². The van der Waals surface area contributed by atoms with Crippen molar-refractivity contribution in [3.8, 4) is 5.69 Å². The summed E-state index contributed by atoms with van der Waals surface area (Å²) in [5, 5.41) is 0. The van der Waals surface area contributed by atoms with Gasteiger partial charge in [-0.2, -0.15) is 0 Å². The Hall–Kier alpha value is -3.21. The molecule has 4 rings (SSSR count). The zero-order chi connectivity index (χ0) is 20.5. The molecule has 0 bridgehead atoms. The van der Waals surface area contributed by atoms with Crippen LogP contribution in [0.3, 0.4) is 0 Å². The van der Waals surface area contributed by atoms with Crippen LogP contribution in [0.15, 0.2) is 61.1 Å². The Labute approximate surface area is 170 Å². The standard InChI is InChI=1S/C24H24FN3O/c1-16-12-18(8-10-22(16)28-14-17(2)26-15-28)9-11-23(29)27(3)24-20-7-5-4-6-19(20)13-21(24)25/h4-12,14-15,21,24H,13H2,1-3H3/b11-9+/t21-,24?/m0/s1. The number of halogens is 1. The van der Waals surface area contributed by atoms with E-state index < -0.39 is 12.2 Å². The SMILES string of the molecule is Cc1cn(-c2ccc(/C=C/C(=O)N(C)C3c4ccccc4C[C@@H]3F)cc2C)cn1. The second kappa shape index (κ2) is 7.66. The van der Waals surface area contributed by atoms with Gasteiger partial charge in [0.2, 0.25) is 5.91 Å². The molecule has 148 valence electrons. The molecule has 0 aliphatic heterocycles. The van der Waals surface area contributed by atoms with Gasteiger partial charge in [0.15, 0.2) is 0 Å². The molecule has 0 spiro atoms. The Morgan fingerprint density at radius 3 is 2.76 bits per heavy atom. The van der Waals surface area contributed by atoms with Crippen molar-refractivity contribution in [1.82, 2.24) is 14.5 Å². The van der Waals surface area contributed by atoms with E-state index >= 15 is 0 Å². The van der Waals surface area contributed by atoms with E-state index in [9.17, 15) is 9.18 Å². The summed E-state index contributed by atoms with van der Waals surface area (Å²) in [6.45, 7) is 3.98. The van der Waals surface area contributed by atoms with Crippen LogP contribution in [-0.2, 0) is 11.2 Å². The predicted molar refractivity (Wildman–Crippen MR) is 113 cm³/mol. The van der Waals surface area contributed by atoms with Crippen LogP contribution < -0.4 is 0 Å². The van der Waals surface area contributed by atoms with E-state index in [2.05, 4.69) is 4.98 Å². The quantitative estimate of drug-likeness (QED) is 0.612. The van der Waals surface area contributed by atoms with Crippen LogP contribution in [0.4, 0.5) is 4.39 Å². The van der Waals surface area contributed by atoms with Crippen molar-refractivity contribution < 1.29 is 9.18 Å². The Bertz CT molecular complexity index is 1090. The molecule has 3 aromatic rings. The highest BCUT2D eigenvalue weighted by atomic mass is 19.1. The molecule has 1 unspecified atom stereocenters. The molecule has 5 heteroatoms. The number of imidazole rings is 1. The average Bonchev–Trinajstić information content (AvgIpc) is 3.27. The van der Waals surface area contributed by atoms with E-state index in [-0.39, 0.29) is 5.91 Å². The summed E-state index contributed by atoms with van der Waals surface area (Å²) in [5.74, 6) is -0.207. The van der Waals surface area contributed by atoms with Crippen LogP contribution in [0.2, 0.25) is 0 Å². The zero-order valence-corrected chi connectivity index (χ0v) is 16.8. The molecule has 1 amide bonds.